The van der Waals surface area contributed by atoms with Crippen molar-refractivity contribution in [3.8, 4) is 0 Å². The Morgan fingerprint density at radius 3 is 2.15 bits per heavy atom. The van der Waals surface area contributed by atoms with Gasteiger partial charge in [0.05, 0.1) is 36.4 Å². The highest BCUT2D eigenvalue weighted by Gasteiger charge is 2.59. The molecule has 19 atom stereocenters. The largest absolute Gasteiger partial charge is 0.394 e. The van der Waals surface area contributed by atoms with Crippen LogP contribution >= 0.6 is 0 Å². The van der Waals surface area contributed by atoms with Gasteiger partial charge in [-0.3, -0.25) is 4.79 Å². The average molecular weight is 793 g/mol. The highest BCUT2D eigenvalue weighted by molar-refractivity contribution is 5.89. The number of carbonyl (C=O) groups excluding carboxylic acids is 1. The molecule has 0 aromatic carbocycles. The van der Waals surface area contributed by atoms with Crippen molar-refractivity contribution in [2.75, 3.05) is 39.3 Å². The van der Waals surface area contributed by atoms with Crippen LogP contribution < -0.4 is 44.6 Å². The molecule has 0 bridgehead atoms. The maximum absolute atomic E-state index is 13.0. The van der Waals surface area contributed by atoms with Gasteiger partial charge in [-0.2, -0.15) is 0 Å². The third-order valence-electron chi connectivity index (χ3n) is 11.5. The molecule has 0 spiro atoms. The minimum Gasteiger partial charge on any atom is -0.394 e. The van der Waals surface area contributed by atoms with Crippen molar-refractivity contribution in [2.24, 2.45) is 28.7 Å². The molecule has 0 radical (unpaired) electrons. The fraction of sp³-hybridized carbons (Fsp3) is 0.909. The van der Waals surface area contributed by atoms with E-state index in [4.69, 9.17) is 57.1 Å². The molecule has 2 saturated carbocycles. The van der Waals surface area contributed by atoms with Crippen LogP contribution in [-0.4, -0.2) is 202 Å². The number of aliphatic hydroxyl groups excluding tert-OH is 5. The van der Waals surface area contributed by atoms with E-state index < -0.39 is 134 Å². The van der Waals surface area contributed by atoms with E-state index in [9.17, 15) is 40.5 Å². The summed E-state index contributed by atoms with van der Waals surface area (Å²) in [6, 6.07) is -4.89. The van der Waals surface area contributed by atoms with E-state index in [0.29, 0.717) is 39.0 Å². The standard InChI is InChI=1S/C33H60N8O14/c34-9-17-22(44)23(45)20(38)29(51-17)54-26-18(11-42)52-30(24(26)46)55-27-21(43)16(41-31(47)33(49)8-19(33)37)7-15(36)25(27)53-28-14(35)2-1-13(50-28)10-40-12-32(48)3-5-39-6-4-32/h1-2,13-30,39-40,42-46,48-49H,3-12,34-38H2,(H,41,47). The van der Waals surface area contributed by atoms with Crippen LogP contribution in [0.1, 0.15) is 25.7 Å². The molecule has 6 rings (SSSR count). The lowest BCUT2D eigenvalue weighted by Gasteiger charge is -2.46. The van der Waals surface area contributed by atoms with Gasteiger partial charge in [-0.15, -0.1) is 0 Å². The summed E-state index contributed by atoms with van der Waals surface area (Å²) in [5.41, 5.74) is 27.9. The molecule has 22 nitrogen and oxygen atoms in total. The van der Waals surface area contributed by atoms with Crippen molar-refractivity contribution in [1.29, 1.82) is 0 Å². The molecular weight excluding hydrogens is 732 g/mol. The van der Waals surface area contributed by atoms with Crippen LogP contribution in [0.3, 0.4) is 0 Å². The number of nitrogens with two attached hydrogens (primary N) is 5. The van der Waals surface area contributed by atoms with E-state index in [-0.39, 0.29) is 19.4 Å². The van der Waals surface area contributed by atoms with Crippen molar-refractivity contribution in [2.45, 2.75) is 147 Å². The molecule has 19 unspecified atom stereocenters. The maximum atomic E-state index is 13.0. The summed E-state index contributed by atoms with van der Waals surface area (Å²) >= 11 is 0. The number of aliphatic hydroxyl groups is 7. The van der Waals surface area contributed by atoms with Crippen LogP contribution in [0.2, 0.25) is 0 Å². The minimum atomic E-state index is -1.81. The molecule has 0 aromatic rings. The Balaban J connectivity index is 1.16. The number of hydrogen-bond acceptors (Lipinski definition) is 21. The van der Waals surface area contributed by atoms with Crippen molar-refractivity contribution in [1.82, 2.24) is 16.0 Å². The number of ether oxygens (including phenoxy) is 6. The van der Waals surface area contributed by atoms with Gasteiger partial charge < -0.3 is 109 Å². The maximum Gasteiger partial charge on any atom is 0.253 e. The molecule has 316 valence electrons. The third-order valence-corrected chi connectivity index (χ3v) is 11.5. The normalized spacial score (nSPS) is 48.4. The quantitative estimate of drug-likeness (QED) is 0.0726. The van der Waals surface area contributed by atoms with Crippen LogP contribution in [0.4, 0.5) is 0 Å². The van der Waals surface area contributed by atoms with Gasteiger partial charge in [0.2, 0.25) is 0 Å². The highest BCUT2D eigenvalue weighted by Crippen LogP contribution is 2.37. The van der Waals surface area contributed by atoms with Crippen LogP contribution in [-0.2, 0) is 33.2 Å². The number of amides is 1. The van der Waals surface area contributed by atoms with Gasteiger partial charge in [0.25, 0.3) is 5.91 Å². The topological polar surface area (TPSA) is 380 Å². The van der Waals surface area contributed by atoms with Crippen molar-refractivity contribution in [3.05, 3.63) is 12.2 Å². The summed E-state index contributed by atoms with van der Waals surface area (Å²) < 4.78 is 36.1. The first-order valence-electron chi connectivity index (χ1n) is 18.9. The molecule has 3 saturated heterocycles. The van der Waals surface area contributed by atoms with E-state index in [0.717, 1.165) is 0 Å². The summed E-state index contributed by atoms with van der Waals surface area (Å²) in [7, 11) is 0. The van der Waals surface area contributed by atoms with Gasteiger partial charge in [-0.05, 0) is 32.4 Å². The first-order valence-corrected chi connectivity index (χ1v) is 18.9. The summed E-state index contributed by atoms with van der Waals surface area (Å²) in [6.45, 7) is 1.22. The van der Waals surface area contributed by atoms with E-state index in [1.165, 1.54) is 0 Å². The molecule has 55 heavy (non-hydrogen) atoms. The Labute approximate surface area is 317 Å². The number of hydrogen-bond donors (Lipinski definition) is 15. The predicted octanol–water partition coefficient (Wildman–Crippen LogP) is -8.70. The van der Waals surface area contributed by atoms with Gasteiger partial charge in [-0.1, -0.05) is 12.2 Å². The number of carbonyl (C=O) groups is 1. The van der Waals surface area contributed by atoms with Crippen LogP contribution in [0, 0.1) is 0 Å². The van der Waals surface area contributed by atoms with E-state index in [2.05, 4.69) is 16.0 Å². The van der Waals surface area contributed by atoms with Crippen molar-refractivity contribution < 1.29 is 69.0 Å². The number of rotatable bonds is 14. The molecule has 2 aliphatic carbocycles. The zero-order valence-electron chi connectivity index (χ0n) is 30.5. The van der Waals surface area contributed by atoms with Gasteiger partial charge in [-0.25, -0.2) is 0 Å². The zero-order valence-corrected chi connectivity index (χ0v) is 30.5. The van der Waals surface area contributed by atoms with Crippen LogP contribution in [0.25, 0.3) is 0 Å². The lowest BCUT2D eigenvalue weighted by molar-refractivity contribution is -0.284. The van der Waals surface area contributed by atoms with Gasteiger partial charge in [0.1, 0.15) is 54.9 Å². The number of piperidine rings is 1. The highest BCUT2D eigenvalue weighted by atomic mass is 16.8. The Kier molecular flexibility index (Phi) is 13.9. The SMILES string of the molecule is NCC1OC(OC2C(CO)OC(OC3C(O)C(NC(=O)C4(O)CC4N)CC(N)C3OC3OC(CNCC4(O)CCNCC4)C=CC3N)C2O)C(N)C(O)C1O. The molecule has 4 heterocycles. The second kappa shape index (κ2) is 17.7. The molecular formula is C33H60N8O14. The lowest BCUT2D eigenvalue weighted by Crippen LogP contribution is -2.67. The second-order valence-corrected chi connectivity index (χ2v) is 15.7. The molecule has 0 aromatic heterocycles. The lowest BCUT2D eigenvalue weighted by atomic mass is 9.83. The van der Waals surface area contributed by atoms with Gasteiger partial charge in [0.15, 0.2) is 24.5 Å². The zero-order chi connectivity index (χ0) is 39.8. The molecule has 22 heteroatoms. The Bertz CT molecular complexity index is 1320. The molecule has 1 amide bonds. The Morgan fingerprint density at radius 1 is 0.836 bits per heavy atom. The Hall–Kier alpha value is -1.59. The summed E-state index contributed by atoms with van der Waals surface area (Å²) in [5, 5.41) is 84.6. The van der Waals surface area contributed by atoms with Gasteiger partial charge in [0, 0.05) is 38.1 Å². The third kappa shape index (κ3) is 9.34. The van der Waals surface area contributed by atoms with Crippen molar-refractivity contribution >= 4 is 5.91 Å². The fourth-order valence-corrected chi connectivity index (χ4v) is 7.82. The monoisotopic (exact) mass is 792 g/mol. The summed E-state index contributed by atoms with van der Waals surface area (Å²) in [4.78, 5) is 13.0. The van der Waals surface area contributed by atoms with Gasteiger partial charge >= 0.3 is 0 Å². The van der Waals surface area contributed by atoms with Crippen LogP contribution in [0.5, 0.6) is 0 Å². The molecule has 20 N–H and O–H groups in total. The number of nitrogens with one attached hydrogen (secondary N) is 3. The molecule has 6 aliphatic rings. The predicted molar refractivity (Wildman–Crippen MR) is 188 cm³/mol. The smallest absolute Gasteiger partial charge is 0.253 e. The second-order valence-electron chi connectivity index (χ2n) is 15.7. The molecule has 4 aliphatic heterocycles. The first-order chi connectivity index (χ1) is 26.1. The summed E-state index contributed by atoms with van der Waals surface area (Å²) in [6.07, 6.45) is -12.4. The van der Waals surface area contributed by atoms with E-state index >= 15 is 0 Å². The molecule has 5 fully saturated rings. The summed E-state index contributed by atoms with van der Waals surface area (Å²) in [5.74, 6) is -0.806. The minimum absolute atomic E-state index is 0.0265. The average Bonchev–Trinajstić information content (AvgIpc) is 3.68. The fourth-order valence-electron chi connectivity index (χ4n) is 7.82. The van der Waals surface area contributed by atoms with E-state index in [1.54, 1.807) is 12.2 Å². The van der Waals surface area contributed by atoms with E-state index in [1.807, 2.05) is 0 Å². The first kappa shape index (κ1) is 43.0. The van der Waals surface area contributed by atoms with Crippen molar-refractivity contribution in [3.63, 3.8) is 0 Å². The van der Waals surface area contributed by atoms with Crippen LogP contribution in [0.15, 0.2) is 12.2 Å². The Morgan fingerprint density at radius 2 is 1.49 bits per heavy atom.